The molecule has 0 spiro atoms. The molecule has 0 bridgehead atoms. The van der Waals surface area contributed by atoms with Crippen molar-refractivity contribution in [3.63, 3.8) is 0 Å². The molecule has 21 heavy (non-hydrogen) atoms. The van der Waals surface area contributed by atoms with E-state index >= 15 is 0 Å². The Labute approximate surface area is 135 Å². The minimum atomic E-state index is -3.53. The number of alkyl halides is 1. The Morgan fingerprint density at radius 1 is 1.24 bits per heavy atom. The van der Waals surface area contributed by atoms with Crippen LogP contribution in [0.25, 0.3) is 0 Å². The molecule has 0 amide bonds. The molecule has 114 valence electrons. The second-order valence-corrected chi connectivity index (χ2v) is 8.40. The van der Waals surface area contributed by atoms with E-state index in [1.54, 1.807) is 13.1 Å². The molecule has 2 rings (SSSR count). The highest BCUT2D eigenvalue weighted by molar-refractivity contribution is 7.94. The topological polar surface area (TPSA) is 37.4 Å². The summed E-state index contributed by atoms with van der Waals surface area (Å²) >= 11 is 7.06. The molecule has 1 aromatic heterocycles. The molecular formula is C15H18ClNO2S2. The zero-order valence-electron chi connectivity index (χ0n) is 12.3. The molecule has 6 heteroatoms. The van der Waals surface area contributed by atoms with E-state index in [0.29, 0.717) is 15.8 Å². The van der Waals surface area contributed by atoms with Crippen LogP contribution >= 0.6 is 22.9 Å². The van der Waals surface area contributed by atoms with E-state index < -0.39 is 10.0 Å². The summed E-state index contributed by atoms with van der Waals surface area (Å²) in [6.45, 7) is 3.95. The highest BCUT2D eigenvalue weighted by Gasteiger charge is 2.24. The lowest BCUT2D eigenvalue weighted by molar-refractivity contribution is 0.596. The third-order valence-electron chi connectivity index (χ3n) is 3.44. The molecule has 0 radical (unpaired) electrons. The van der Waals surface area contributed by atoms with Crippen LogP contribution in [0.3, 0.4) is 0 Å². The van der Waals surface area contributed by atoms with Crippen molar-refractivity contribution in [1.82, 2.24) is 0 Å². The maximum atomic E-state index is 12.7. The quantitative estimate of drug-likeness (QED) is 0.763. The standard InChI is InChI=1S/C15H18ClNO2S2/c1-4-12-5-7-13(8-6-12)17(3)21(18,19)15-9-11(2)14(10-16)20-15/h5-9H,4,10H2,1-3H3. The van der Waals surface area contributed by atoms with E-state index in [4.69, 9.17) is 11.6 Å². The van der Waals surface area contributed by atoms with E-state index in [-0.39, 0.29) is 0 Å². The molecule has 2 aromatic rings. The summed E-state index contributed by atoms with van der Waals surface area (Å²) in [5, 5.41) is 0. The summed E-state index contributed by atoms with van der Waals surface area (Å²) < 4.78 is 27.0. The van der Waals surface area contributed by atoms with E-state index in [2.05, 4.69) is 6.92 Å². The third-order valence-corrected chi connectivity index (χ3v) is 7.34. The van der Waals surface area contributed by atoms with E-state index in [0.717, 1.165) is 16.9 Å². The van der Waals surface area contributed by atoms with Crippen LogP contribution in [0.5, 0.6) is 0 Å². The van der Waals surface area contributed by atoms with Crippen molar-refractivity contribution in [2.75, 3.05) is 11.4 Å². The normalized spacial score (nSPS) is 11.6. The average Bonchev–Trinajstić information content (AvgIpc) is 2.88. The van der Waals surface area contributed by atoms with Gasteiger partial charge in [-0.15, -0.1) is 22.9 Å². The van der Waals surface area contributed by atoms with Crippen molar-refractivity contribution in [3.05, 3.63) is 46.3 Å². The highest BCUT2D eigenvalue weighted by Crippen LogP contribution is 2.31. The van der Waals surface area contributed by atoms with Crippen LogP contribution in [0.2, 0.25) is 0 Å². The number of aryl methyl sites for hydroxylation is 2. The van der Waals surface area contributed by atoms with Crippen molar-refractivity contribution in [3.8, 4) is 0 Å². The number of anilines is 1. The predicted octanol–water partition coefficient (Wildman–Crippen LogP) is 4.18. The lowest BCUT2D eigenvalue weighted by Gasteiger charge is -2.18. The Morgan fingerprint density at radius 3 is 2.33 bits per heavy atom. The van der Waals surface area contributed by atoms with Crippen LogP contribution < -0.4 is 4.31 Å². The fourth-order valence-corrected chi connectivity index (χ4v) is 5.14. The molecule has 0 aliphatic heterocycles. The van der Waals surface area contributed by atoms with Gasteiger partial charge in [0.15, 0.2) is 0 Å². The maximum Gasteiger partial charge on any atom is 0.273 e. The van der Waals surface area contributed by atoms with Gasteiger partial charge in [0.25, 0.3) is 10.0 Å². The zero-order valence-corrected chi connectivity index (χ0v) is 14.6. The van der Waals surface area contributed by atoms with Crippen LogP contribution in [0, 0.1) is 6.92 Å². The van der Waals surface area contributed by atoms with Crippen molar-refractivity contribution >= 4 is 38.6 Å². The molecule has 0 atom stereocenters. The molecule has 0 N–H and O–H groups in total. The van der Waals surface area contributed by atoms with Gasteiger partial charge in [-0.2, -0.15) is 0 Å². The van der Waals surface area contributed by atoms with Gasteiger partial charge in [-0.25, -0.2) is 8.42 Å². The lowest BCUT2D eigenvalue weighted by atomic mass is 10.1. The first-order valence-electron chi connectivity index (χ1n) is 6.63. The molecular weight excluding hydrogens is 326 g/mol. The second kappa shape index (κ2) is 6.38. The smallest absolute Gasteiger partial charge is 0.269 e. The predicted molar refractivity (Wildman–Crippen MR) is 90.0 cm³/mol. The number of hydrogen-bond donors (Lipinski definition) is 0. The first kappa shape index (κ1) is 16.3. The molecule has 3 nitrogen and oxygen atoms in total. The molecule has 1 aromatic carbocycles. The number of halogens is 1. The minimum Gasteiger partial charge on any atom is -0.269 e. The van der Waals surface area contributed by atoms with Crippen molar-refractivity contribution in [2.24, 2.45) is 0 Å². The van der Waals surface area contributed by atoms with Gasteiger partial charge >= 0.3 is 0 Å². The molecule has 0 fully saturated rings. The van der Waals surface area contributed by atoms with Gasteiger partial charge in [0.05, 0.1) is 11.6 Å². The maximum absolute atomic E-state index is 12.7. The van der Waals surface area contributed by atoms with Crippen molar-refractivity contribution in [2.45, 2.75) is 30.4 Å². The molecule has 0 unspecified atom stereocenters. The summed E-state index contributed by atoms with van der Waals surface area (Å²) in [6.07, 6.45) is 0.931. The molecule has 0 aliphatic rings. The Kier molecular flexibility index (Phi) is 4.96. The Balaban J connectivity index is 2.36. The molecule has 1 heterocycles. The van der Waals surface area contributed by atoms with Crippen molar-refractivity contribution < 1.29 is 8.42 Å². The number of thiophene rings is 1. The molecule has 0 aliphatic carbocycles. The van der Waals surface area contributed by atoms with E-state index in [1.807, 2.05) is 31.2 Å². The number of benzene rings is 1. The number of rotatable bonds is 5. The summed E-state index contributed by atoms with van der Waals surface area (Å²) in [7, 11) is -1.96. The van der Waals surface area contributed by atoms with E-state index in [1.165, 1.54) is 21.2 Å². The van der Waals surface area contributed by atoms with Crippen LogP contribution in [0.1, 0.15) is 22.9 Å². The summed E-state index contributed by atoms with van der Waals surface area (Å²) in [4.78, 5) is 0.893. The SMILES string of the molecule is CCc1ccc(N(C)S(=O)(=O)c2cc(C)c(CCl)s2)cc1. The van der Waals surface area contributed by atoms with Gasteiger partial charge in [-0.05, 0) is 42.7 Å². The zero-order chi connectivity index (χ0) is 15.6. The minimum absolute atomic E-state index is 0.331. The highest BCUT2D eigenvalue weighted by atomic mass is 35.5. The van der Waals surface area contributed by atoms with Gasteiger partial charge < -0.3 is 0 Å². The van der Waals surface area contributed by atoms with Gasteiger partial charge in [-0.1, -0.05) is 19.1 Å². The number of hydrogen-bond acceptors (Lipinski definition) is 3. The number of nitrogens with zero attached hydrogens (tertiary/aromatic N) is 1. The Hall–Kier alpha value is -1.04. The lowest BCUT2D eigenvalue weighted by Crippen LogP contribution is -2.25. The third kappa shape index (κ3) is 3.25. The van der Waals surface area contributed by atoms with Gasteiger partial charge in [0.2, 0.25) is 0 Å². The van der Waals surface area contributed by atoms with Crippen LogP contribution in [-0.2, 0) is 22.3 Å². The van der Waals surface area contributed by atoms with Gasteiger partial charge in [0, 0.05) is 11.9 Å². The first-order valence-corrected chi connectivity index (χ1v) is 9.42. The van der Waals surface area contributed by atoms with E-state index in [9.17, 15) is 8.42 Å². The summed E-state index contributed by atoms with van der Waals surface area (Å²) in [5.74, 6) is 0.334. The fourth-order valence-electron chi connectivity index (χ4n) is 1.96. The Bertz CT molecular complexity index is 721. The largest absolute Gasteiger partial charge is 0.273 e. The monoisotopic (exact) mass is 343 g/mol. The summed E-state index contributed by atoms with van der Waals surface area (Å²) in [6, 6.07) is 9.25. The molecule has 0 saturated heterocycles. The molecule has 0 saturated carbocycles. The number of sulfonamides is 1. The second-order valence-electron chi connectivity index (χ2n) is 4.80. The first-order chi connectivity index (χ1) is 9.90. The average molecular weight is 344 g/mol. The summed E-state index contributed by atoms with van der Waals surface area (Å²) in [5.41, 5.74) is 2.76. The Morgan fingerprint density at radius 2 is 1.86 bits per heavy atom. The van der Waals surface area contributed by atoms with Crippen LogP contribution in [-0.4, -0.2) is 15.5 Å². The van der Waals surface area contributed by atoms with Gasteiger partial charge in [0.1, 0.15) is 4.21 Å². The van der Waals surface area contributed by atoms with Crippen LogP contribution in [0.15, 0.2) is 34.5 Å². The van der Waals surface area contributed by atoms with Gasteiger partial charge in [-0.3, -0.25) is 4.31 Å². The van der Waals surface area contributed by atoms with Crippen molar-refractivity contribution in [1.29, 1.82) is 0 Å². The fraction of sp³-hybridized carbons (Fsp3) is 0.333. The van der Waals surface area contributed by atoms with Crippen LogP contribution in [0.4, 0.5) is 5.69 Å².